The number of pyridine rings is 1. The Morgan fingerprint density at radius 3 is 2.50 bits per heavy atom. The standard InChI is InChI=1S/C23H22FN3O2S/c24-17-9-11-19(12-10-17)27(23(29)20-8-4-14-30-20)21(16-5-3-13-25-15-16)22(28)26-18-6-1-2-7-18/h3-5,8-15,18,21H,1-2,6-7H2,(H,26,28)/t21-/m1/s1. The lowest BCUT2D eigenvalue weighted by Crippen LogP contribution is -2.46. The summed E-state index contributed by atoms with van der Waals surface area (Å²) in [6.45, 7) is 0. The quantitative estimate of drug-likeness (QED) is 0.624. The van der Waals surface area contributed by atoms with Gasteiger partial charge in [-0.15, -0.1) is 11.3 Å². The fourth-order valence-electron chi connectivity index (χ4n) is 3.81. The number of nitrogens with one attached hydrogen (secondary N) is 1. The van der Waals surface area contributed by atoms with Crippen molar-refractivity contribution >= 4 is 28.8 Å². The molecule has 4 rings (SSSR count). The van der Waals surface area contributed by atoms with Crippen molar-refractivity contribution in [1.29, 1.82) is 0 Å². The summed E-state index contributed by atoms with van der Waals surface area (Å²) in [5.74, 6) is -0.980. The minimum absolute atomic E-state index is 0.101. The van der Waals surface area contributed by atoms with Crippen LogP contribution in [0.5, 0.6) is 0 Å². The van der Waals surface area contributed by atoms with Gasteiger partial charge in [0.15, 0.2) is 0 Å². The van der Waals surface area contributed by atoms with Gasteiger partial charge in [-0.25, -0.2) is 4.39 Å². The number of hydrogen-bond donors (Lipinski definition) is 1. The van der Waals surface area contributed by atoms with Crippen molar-refractivity contribution in [3.8, 4) is 0 Å². The van der Waals surface area contributed by atoms with Crippen molar-refractivity contribution in [2.75, 3.05) is 4.90 Å². The third-order valence-electron chi connectivity index (χ3n) is 5.26. The molecular formula is C23H22FN3O2S. The van der Waals surface area contributed by atoms with Crippen LogP contribution in [-0.2, 0) is 4.79 Å². The number of nitrogens with zero attached hydrogens (tertiary/aromatic N) is 2. The molecule has 2 aromatic heterocycles. The van der Waals surface area contributed by atoms with Crippen LogP contribution in [0.3, 0.4) is 0 Å². The fourth-order valence-corrected chi connectivity index (χ4v) is 4.47. The summed E-state index contributed by atoms with van der Waals surface area (Å²) in [6.07, 6.45) is 7.24. The monoisotopic (exact) mass is 423 g/mol. The average molecular weight is 424 g/mol. The van der Waals surface area contributed by atoms with Gasteiger partial charge in [0.1, 0.15) is 11.9 Å². The molecule has 0 saturated heterocycles. The zero-order valence-corrected chi connectivity index (χ0v) is 17.1. The number of aromatic nitrogens is 1. The van der Waals surface area contributed by atoms with Crippen molar-refractivity contribution in [3.63, 3.8) is 0 Å². The number of benzene rings is 1. The van der Waals surface area contributed by atoms with Gasteiger partial charge in [-0.1, -0.05) is 25.0 Å². The third kappa shape index (κ3) is 4.41. The predicted octanol–water partition coefficient (Wildman–Crippen LogP) is 4.73. The number of amides is 2. The Hall–Kier alpha value is -3.06. The van der Waals surface area contributed by atoms with Crippen LogP contribution in [0, 0.1) is 5.82 Å². The van der Waals surface area contributed by atoms with Crippen LogP contribution in [0.25, 0.3) is 0 Å². The number of hydrogen-bond acceptors (Lipinski definition) is 4. The number of halogens is 1. The van der Waals surface area contributed by atoms with Crippen molar-refractivity contribution in [3.05, 3.63) is 82.6 Å². The highest BCUT2D eigenvalue weighted by Gasteiger charge is 2.35. The molecule has 0 radical (unpaired) electrons. The number of carbonyl (C=O) groups is 2. The lowest BCUT2D eigenvalue weighted by molar-refractivity contribution is -0.123. The van der Waals surface area contributed by atoms with Crippen LogP contribution in [0.15, 0.2) is 66.3 Å². The molecular weight excluding hydrogens is 401 g/mol. The van der Waals surface area contributed by atoms with Gasteiger partial charge < -0.3 is 5.32 Å². The van der Waals surface area contributed by atoms with Gasteiger partial charge in [-0.05, 0) is 54.6 Å². The minimum atomic E-state index is -0.917. The van der Waals surface area contributed by atoms with Crippen molar-refractivity contribution in [1.82, 2.24) is 10.3 Å². The number of anilines is 1. The first-order chi connectivity index (χ1) is 14.6. The molecule has 0 bridgehead atoms. The van der Waals surface area contributed by atoms with Crippen molar-refractivity contribution in [2.24, 2.45) is 0 Å². The molecule has 2 amide bonds. The van der Waals surface area contributed by atoms with Gasteiger partial charge in [0.2, 0.25) is 5.91 Å². The van der Waals surface area contributed by atoms with E-state index in [0.29, 0.717) is 16.1 Å². The molecule has 5 nitrogen and oxygen atoms in total. The van der Waals surface area contributed by atoms with Crippen LogP contribution >= 0.6 is 11.3 Å². The predicted molar refractivity (Wildman–Crippen MR) is 115 cm³/mol. The molecule has 0 spiro atoms. The zero-order chi connectivity index (χ0) is 20.9. The summed E-state index contributed by atoms with van der Waals surface area (Å²) in [6, 6.07) is 11.8. The van der Waals surface area contributed by atoms with Gasteiger partial charge in [-0.3, -0.25) is 19.5 Å². The maximum atomic E-state index is 13.6. The van der Waals surface area contributed by atoms with Gasteiger partial charge in [0.05, 0.1) is 4.88 Å². The summed E-state index contributed by atoms with van der Waals surface area (Å²) in [7, 11) is 0. The Kier molecular flexibility index (Phi) is 6.18. The second-order valence-corrected chi connectivity index (χ2v) is 8.26. The smallest absolute Gasteiger partial charge is 0.269 e. The largest absolute Gasteiger partial charge is 0.351 e. The first-order valence-corrected chi connectivity index (χ1v) is 10.8. The number of thiophene rings is 1. The Labute approximate surface area is 178 Å². The van der Waals surface area contributed by atoms with E-state index in [1.54, 1.807) is 36.7 Å². The van der Waals surface area contributed by atoms with E-state index >= 15 is 0 Å². The van der Waals surface area contributed by atoms with E-state index in [4.69, 9.17) is 0 Å². The highest BCUT2D eigenvalue weighted by Crippen LogP contribution is 2.31. The maximum Gasteiger partial charge on any atom is 0.269 e. The molecule has 2 heterocycles. The van der Waals surface area contributed by atoms with E-state index < -0.39 is 11.9 Å². The molecule has 1 aromatic carbocycles. The number of rotatable bonds is 6. The minimum Gasteiger partial charge on any atom is -0.351 e. The SMILES string of the molecule is O=C(NC1CCCC1)[C@@H](c1cccnc1)N(C(=O)c1cccs1)c1ccc(F)cc1. The first-order valence-electron chi connectivity index (χ1n) is 9.96. The normalized spacial score (nSPS) is 15.0. The molecule has 1 saturated carbocycles. The fraction of sp³-hybridized carbons (Fsp3) is 0.261. The van der Waals surface area contributed by atoms with E-state index in [1.165, 1.54) is 40.5 Å². The van der Waals surface area contributed by atoms with E-state index in [0.717, 1.165) is 25.7 Å². The Morgan fingerprint density at radius 2 is 1.87 bits per heavy atom. The van der Waals surface area contributed by atoms with Crippen LogP contribution in [0.2, 0.25) is 0 Å². The van der Waals surface area contributed by atoms with Crippen LogP contribution in [-0.4, -0.2) is 22.8 Å². The first kappa shape index (κ1) is 20.2. The highest BCUT2D eigenvalue weighted by molar-refractivity contribution is 7.12. The third-order valence-corrected chi connectivity index (χ3v) is 6.12. The topological polar surface area (TPSA) is 62.3 Å². The molecule has 3 aromatic rings. The summed E-state index contributed by atoms with van der Waals surface area (Å²) < 4.78 is 13.6. The molecule has 1 atom stereocenters. The molecule has 0 aliphatic heterocycles. The van der Waals surface area contributed by atoms with Gasteiger partial charge in [0, 0.05) is 29.7 Å². The van der Waals surface area contributed by atoms with E-state index in [2.05, 4.69) is 10.3 Å². The molecule has 1 fully saturated rings. The Morgan fingerprint density at radius 1 is 1.10 bits per heavy atom. The Bertz CT molecular complexity index is 987. The van der Waals surface area contributed by atoms with E-state index in [9.17, 15) is 14.0 Å². The summed E-state index contributed by atoms with van der Waals surface area (Å²) in [4.78, 5) is 33.0. The van der Waals surface area contributed by atoms with E-state index in [-0.39, 0.29) is 17.9 Å². The second kappa shape index (κ2) is 9.17. The average Bonchev–Trinajstić information content (AvgIpc) is 3.47. The van der Waals surface area contributed by atoms with Crippen LogP contribution < -0.4 is 10.2 Å². The lowest BCUT2D eigenvalue weighted by Gasteiger charge is -2.32. The molecule has 0 unspecified atom stereocenters. The molecule has 1 aliphatic carbocycles. The molecule has 30 heavy (non-hydrogen) atoms. The van der Waals surface area contributed by atoms with Crippen molar-refractivity contribution in [2.45, 2.75) is 37.8 Å². The molecule has 7 heteroatoms. The van der Waals surface area contributed by atoms with Gasteiger partial charge >= 0.3 is 0 Å². The maximum absolute atomic E-state index is 13.6. The summed E-state index contributed by atoms with van der Waals surface area (Å²) in [5.41, 5.74) is 1.05. The zero-order valence-electron chi connectivity index (χ0n) is 16.3. The van der Waals surface area contributed by atoms with Crippen LogP contribution in [0.4, 0.5) is 10.1 Å². The molecule has 154 valence electrons. The summed E-state index contributed by atoms with van der Waals surface area (Å²) >= 11 is 1.30. The van der Waals surface area contributed by atoms with Crippen LogP contribution in [0.1, 0.15) is 47.0 Å². The van der Waals surface area contributed by atoms with E-state index in [1.807, 2.05) is 5.38 Å². The number of carbonyl (C=O) groups excluding carboxylic acids is 2. The molecule has 1 aliphatic rings. The van der Waals surface area contributed by atoms with Crippen molar-refractivity contribution < 1.29 is 14.0 Å². The van der Waals surface area contributed by atoms with Gasteiger partial charge in [0.25, 0.3) is 5.91 Å². The Balaban J connectivity index is 1.78. The van der Waals surface area contributed by atoms with Gasteiger partial charge in [-0.2, -0.15) is 0 Å². The summed E-state index contributed by atoms with van der Waals surface area (Å²) in [5, 5.41) is 4.92. The lowest BCUT2D eigenvalue weighted by atomic mass is 10.0. The second-order valence-electron chi connectivity index (χ2n) is 7.31. The highest BCUT2D eigenvalue weighted by atomic mass is 32.1. The molecule has 1 N–H and O–H groups in total.